The predicted molar refractivity (Wildman–Crippen MR) is 163 cm³/mol. The molecular weight excluding hydrogens is 510 g/mol. The van der Waals surface area contributed by atoms with Crippen molar-refractivity contribution in [2.45, 2.75) is 58.0 Å². The number of hydrogen-bond donors (Lipinski definition) is 1. The van der Waals surface area contributed by atoms with E-state index in [1.54, 1.807) is 11.8 Å². The summed E-state index contributed by atoms with van der Waals surface area (Å²) in [4.78, 5) is 21.4. The number of nitrogens with zero attached hydrogens (tertiary/aromatic N) is 2. The molecule has 200 valence electrons. The summed E-state index contributed by atoms with van der Waals surface area (Å²) in [5, 5.41) is 5.09. The lowest BCUT2D eigenvalue weighted by Gasteiger charge is -2.30. The van der Waals surface area contributed by atoms with Crippen LogP contribution in [-0.2, 0) is 6.54 Å². The Balaban J connectivity index is 1.78. The first-order chi connectivity index (χ1) is 18.0. The van der Waals surface area contributed by atoms with E-state index in [4.69, 9.17) is 4.42 Å². The van der Waals surface area contributed by atoms with Crippen LogP contribution >= 0.6 is 23.5 Å². The van der Waals surface area contributed by atoms with Crippen molar-refractivity contribution in [1.82, 2.24) is 9.88 Å². The average Bonchev–Trinajstić information content (AvgIpc) is 3.20. The van der Waals surface area contributed by atoms with Crippen LogP contribution in [0.15, 0.2) is 62.9 Å². The molecule has 2 heterocycles. The lowest BCUT2D eigenvalue weighted by molar-refractivity contribution is 0.176. The first kappa shape index (κ1) is 28.1. The summed E-state index contributed by atoms with van der Waals surface area (Å²) in [5.41, 5.74) is 6.92. The number of carbonyl (C=O) groups excluding carboxylic acids is 1. The topological polar surface area (TPSA) is 58.4 Å². The normalized spacial score (nSPS) is 11.7. The Morgan fingerprint density at radius 3 is 2.29 bits per heavy atom. The lowest BCUT2D eigenvalue weighted by atomic mass is 9.95. The lowest BCUT2D eigenvalue weighted by Crippen LogP contribution is -2.40. The van der Waals surface area contributed by atoms with E-state index >= 15 is 0 Å². The third kappa shape index (κ3) is 6.38. The van der Waals surface area contributed by atoms with Crippen molar-refractivity contribution in [3.8, 4) is 11.1 Å². The van der Waals surface area contributed by atoms with Crippen LogP contribution in [0.3, 0.4) is 0 Å². The number of aryl methyl sites for hydroxylation is 3. The van der Waals surface area contributed by atoms with Crippen molar-refractivity contribution in [2.75, 3.05) is 24.4 Å². The second-order valence-corrected chi connectivity index (χ2v) is 12.6. The quantitative estimate of drug-likeness (QED) is 0.234. The second-order valence-electron chi connectivity index (χ2n) is 11.0. The number of benzene rings is 2. The highest BCUT2D eigenvalue weighted by Gasteiger charge is 2.27. The number of hydrogen-bond acceptors (Lipinski definition) is 5. The van der Waals surface area contributed by atoms with E-state index in [1.165, 1.54) is 22.9 Å². The van der Waals surface area contributed by atoms with Gasteiger partial charge in [0.25, 0.3) is 0 Å². The van der Waals surface area contributed by atoms with Crippen LogP contribution in [0, 0.1) is 26.2 Å². The maximum absolute atomic E-state index is 13.9. The molecule has 0 bridgehead atoms. The number of fused-ring (bicyclic) bond motifs is 1. The molecule has 2 amide bonds. The molecule has 0 radical (unpaired) electrons. The molecule has 0 unspecified atom stereocenters. The summed E-state index contributed by atoms with van der Waals surface area (Å²) in [5.74, 6) is 0.783. The smallest absolute Gasteiger partial charge is 0.322 e. The number of amides is 2. The number of nitrogens with one attached hydrogen (secondary N) is 1. The van der Waals surface area contributed by atoms with E-state index in [2.05, 4.69) is 81.3 Å². The highest BCUT2D eigenvalue weighted by Crippen LogP contribution is 2.38. The zero-order valence-electron chi connectivity index (χ0n) is 23.6. The Morgan fingerprint density at radius 1 is 0.974 bits per heavy atom. The monoisotopic (exact) mass is 547 g/mol. The minimum absolute atomic E-state index is 0.111. The minimum atomic E-state index is -0.164. The molecular formula is C31H37N3O2S2. The third-order valence-electron chi connectivity index (χ3n) is 6.27. The van der Waals surface area contributed by atoms with Gasteiger partial charge in [0.05, 0.1) is 12.2 Å². The molecule has 0 spiro atoms. The number of anilines is 1. The molecule has 4 rings (SSSR count). The molecule has 2 aromatic carbocycles. The zero-order valence-corrected chi connectivity index (χ0v) is 25.2. The maximum atomic E-state index is 13.9. The standard InChI is InChI=1S/C31H37N3O2S2/c1-19-9-12-22(13-10-19)27-23-15-20(2)11-14-24(23)36-25(27)17-34(18-31(4,5)6)30(35)33-28-26(37-7)16-21(3)32-29(28)38-8/h9-16H,17-18H2,1-8H3,(H,33,35). The Kier molecular flexibility index (Phi) is 8.48. The number of aromatic nitrogens is 1. The van der Waals surface area contributed by atoms with Crippen LogP contribution in [0.2, 0.25) is 0 Å². The molecule has 0 aliphatic heterocycles. The number of furan rings is 1. The van der Waals surface area contributed by atoms with Crippen LogP contribution in [-0.4, -0.2) is 35.0 Å². The first-order valence-corrected chi connectivity index (χ1v) is 15.2. The van der Waals surface area contributed by atoms with Gasteiger partial charge >= 0.3 is 6.03 Å². The fraction of sp³-hybridized carbons (Fsp3) is 0.355. The summed E-state index contributed by atoms with van der Waals surface area (Å²) in [6, 6.07) is 16.6. The summed E-state index contributed by atoms with van der Waals surface area (Å²) >= 11 is 3.15. The van der Waals surface area contributed by atoms with Crippen LogP contribution < -0.4 is 5.32 Å². The van der Waals surface area contributed by atoms with E-state index < -0.39 is 0 Å². The van der Waals surface area contributed by atoms with E-state index in [-0.39, 0.29) is 11.4 Å². The van der Waals surface area contributed by atoms with Gasteiger partial charge < -0.3 is 14.6 Å². The van der Waals surface area contributed by atoms with Crippen LogP contribution in [0.25, 0.3) is 22.1 Å². The fourth-order valence-electron chi connectivity index (χ4n) is 4.58. The molecule has 0 saturated heterocycles. The van der Waals surface area contributed by atoms with Crippen molar-refractivity contribution in [3.05, 3.63) is 71.1 Å². The van der Waals surface area contributed by atoms with Crippen molar-refractivity contribution in [1.29, 1.82) is 0 Å². The molecule has 0 aliphatic carbocycles. The highest BCUT2D eigenvalue weighted by molar-refractivity contribution is 7.99. The van der Waals surface area contributed by atoms with Gasteiger partial charge in [0, 0.05) is 28.1 Å². The minimum Gasteiger partial charge on any atom is -0.459 e. The maximum Gasteiger partial charge on any atom is 0.322 e. The van der Waals surface area contributed by atoms with Crippen LogP contribution in [0.5, 0.6) is 0 Å². The van der Waals surface area contributed by atoms with Gasteiger partial charge in [-0.05, 0) is 62.5 Å². The summed E-state index contributed by atoms with van der Waals surface area (Å²) in [6.45, 7) is 13.5. The van der Waals surface area contributed by atoms with Crippen molar-refractivity contribution >= 4 is 46.2 Å². The van der Waals surface area contributed by atoms with Crippen molar-refractivity contribution in [3.63, 3.8) is 0 Å². The summed E-state index contributed by atoms with van der Waals surface area (Å²) < 4.78 is 6.45. The van der Waals surface area contributed by atoms with Gasteiger partial charge in [-0.15, -0.1) is 23.5 Å². The van der Waals surface area contributed by atoms with E-state index in [0.717, 1.165) is 49.2 Å². The predicted octanol–water partition coefficient (Wildman–Crippen LogP) is 8.94. The molecule has 2 aromatic heterocycles. The van der Waals surface area contributed by atoms with Crippen LogP contribution in [0.4, 0.5) is 10.5 Å². The van der Waals surface area contributed by atoms with Crippen molar-refractivity contribution < 1.29 is 9.21 Å². The molecule has 5 nitrogen and oxygen atoms in total. The molecule has 0 saturated carbocycles. The highest BCUT2D eigenvalue weighted by atomic mass is 32.2. The number of thioether (sulfide) groups is 2. The molecule has 1 N–H and O–H groups in total. The molecule has 4 aromatic rings. The summed E-state index contributed by atoms with van der Waals surface area (Å²) in [7, 11) is 0. The van der Waals surface area contributed by atoms with Gasteiger partial charge in [-0.25, -0.2) is 9.78 Å². The first-order valence-electron chi connectivity index (χ1n) is 12.7. The zero-order chi connectivity index (χ0) is 27.6. The number of pyridine rings is 1. The van der Waals surface area contributed by atoms with Crippen LogP contribution in [0.1, 0.15) is 43.4 Å². The third-order valence-corrected chi connectivity index (χ3v) is 7.71. The van der Waals surface area contributed by atoms with Gasteiger partial charge in [-0.1, -0.05) is 62.2 Å². The van der Waals surface area contributed by atoms with Gasteiger partial charge in [-0.2, -0.15) is 0 Å². The SMILES string of the molecule is CSc1cc(C)nc(SC)c1NC(=O)N(Cc1oc2ccc(C)cc2c1-c1ccc(C)cc1)CC(C)(C)C. The largest absolute Gasteiger partial charge is 0.459 e. The molecule has 38 heavy (non-hydrogen) atoms. The molecule has 0 fully saturated rings. The van der Waals surface area contributed by atoms with E-state index in [9.17, 15) is 4.79 Å². The Hall–Kier alpha value is -2.90. The Morgan fingerprint density at radius 2 is 1.66 bits per heavy atom. The fourth-order valence-corrected chi connectivity index (χ4v) is 5.89. The number of rotatable bonds is 7. The average molecular weight is 548 g/mol. The van der Waals surface area contributed by atoms with Gasteiger partial charge in [0.15, 0.2) is 0 Å². The molecule has 0 aliphatic rings. The Bertz CT molecular complexity index is 1430. The Labute approximate surface area is 234 Å². The van der Waals surface area contributed by atoms with Gasteiger partial charge in [0.2, 0.25) is 0 Å². The van der Waals surface area contributed by atoms with Gasteiger partial charge in [0.1, 0.15) is 16.4 Å². The molecule has 7 heteroatoms. The van der Waals surface area contributed by atoms with Crippen molar-refractivity contribution in [2.24, 2.45) is 5.41 Å². The van der Waals surface area contributed by atoms with E-state index in [1.807, 2.05) is 36.5 Å². The number of urea groups is 1. The van der Waals surface area contributed by atoms with Gasteiger partial charge in [-0.3, -0.25) is 0 Å². The van der Waals surface area contributed by atoms with E-state index in [0.29, 0.717) is 13.1 Å². The second kappa shape index (κ2) is 11.5. The summed E-state index contributed by atoms with van der Waals surface area (Å²) in [6.07, 6.45) is 4.00. The molecule has 0 atom stereocenters. The number of carbonyl (C=O) groups is 1.